The van der Waals surface area contributed by atoms with Gasteiger partial charge in [-0.2, -0.15) is 9.99 Å². The molecule has 0 spiro atoms. The van der Waals surface area contributed by atoms with E-state index >= 15 is 0 Å². The zero-order chi connectivity index (χ0) is 59.7. The van der Waals surface area contributed by atoms with Crippen molar-refractivity contribution in [2.45, 2.75) is 32.5 Å². The molecule has 5 aromatic carbocycles. The number of rotatable bonds is 8. The van der Waals surface area contributed by atoms with E-state index in [0.717, 1.165) is 83.7 Å². The van der Waals surface area contributed by atoms with Gasteiger partial charge in [0, 0.05) is 111 Å². The van der Waals surface area contributed by atoms with Crippen LogP contribution >= 0.6 is 0 Å². The van der Waals surface area contributed by atoms with Crippen molar-refractivity contribution in [2.24, 2.45) is 10.5 Å². The molecule has 0 amide bonds. The van der Waals surface area contributed by atoms with Crippen LogP contribution in [0.5, 0.6) is 28.7 Å². The molecule has 0 unspecified atom stereocenters. The Balaban J connectivity index is 0.000000254. The molecule has 5 aromatic heterocycles. The number of carbonyl (C=O) groups is 1. The van der Waals surface area contributed by atoms with Crippen molar-refractivity contribution in [3.63, 3.8) is 0 Å². The van der Waals surface area contributed by atoms with E-state index in [9.17, 15) is 15.1 Å². The molecule has 0 bridgehead atoms. The average molecular weight is 1150 g/mol. The number of nitroso groups, excluding NO2 is 1. The first-order chi connectivity index (χ1) is 39.7. The van der Waals surface area contributed by atoms with E-state index in [1.165, 1.54) is 31.4 Å². The Morgan fingerprint density at radius 3 is 1.58 bits per heavy atom. The molecule has 1 fully saturated rings. The fourth-order valence-electron chi connectivity index (χ4n) is 7.26. The van der Waals surface area contributed by atoms with Gasteiger partial charge in [-0.05, 0) is 73.5 Å². The predicted octanol–water partition coefficient (Wildman–Crippen LogP) is 8.61. The average Bonchev–Trinajstić information content (AvgIpc) is 4.21. The van der Waals surface area contributed by atoms with E-state index in [2.05, 4.69) is 42.2 Å². The first-order valence-electron chi connectivity index (χ1n) is 24.8. The van der Waals surface area contributed by atoms with Crippen molar-refractivity contribution >= 4 is 67.9 Å². The molecule has 422 valence electrons. The third kappa shape index (κ3) is 21.8. The molecule has 10 aromatic rings. The third-order valence-electron chi connectivity index (χ3n) is 11.1. The molecule has 22 nitrogen and oxygen atoms in total. The van der Waals surface area contributed by atoms with Gasteiger partial charge in [-0.3, -0.25) is 15.2 Å². The smallest absolute Gasteiger partial charge is 0.619 e. The van der Waals surface area contributed by atoms with Crippen LogP contribution in [0.3, 0.4) is 0 Å². The number of carboxylic acids is 1. The summed E-state index contributed by atoms with van der Waals surface area (Å²) in [6.07, 6.45) is 15.6. The third-order valence-corrected chi connectivity index (χ3v) is 11.8. The van der Waals surface area contributed by atoms with Gasteiger partial charge in [0.05, 0.1) is 39.1 Å². The van der Waals surface area contributed by atoms with Gasteiger partial charge in [-0.1, -0.05) is 74.2 Å². The monoisotopic (exact) mass is 1150 g/mol. The molecule has 1 aliphatic rings. The fourth-order valence-corrected chi connectivity index (χ4v) is 7.26. The molecule has 83 heavy (non-hydrogen) atoms. The van der Waals surface area contributed by atoms with Gasteiger partial charge >= 0.3 is 35.5 Å². The van der Waals surface area contributed by atoms with Crippen LogP contribution in [0.2, 0.25) is 19.6 Å². The zero-order valence-electron chi connectivity index (χ0n) is 47.1. The number of phenolic OH excluding ortho intramolecular Hbond substituents is 1. The summed E-state index contributed by atoms with van der Waals surface area (Å²) in [4.78, 5) is 35.7. The summed E-state index contributed by atoms with van der Waals surface area (Å²) < 4.78 is 26.4. The summed E-state index contributed by atoms with van der Waals surface area (Å²) in [5.74, 6) is 2.38. The molecule has 0 radical (unpaired) electrons. The summed E-state index contributed by atoms with van der Waals surface area (Å²) in [7, 11) is 5.13. The van der Waals surface area contributed by atoms with Crippen LogP contribution in [-0.2, 0) is 4.74 Å². The van der Waals surface area contributed by atoms with Gasteiger partial charge in [0.15, 0.2) is 26.2 Å². The van der Waals surface area contributed by atoms with Crippen LogP contribution < -0.4 is 64.3 Å². The number of carboxylic acid groups (broad SMARTS) is 1. The number of hydrogen-bond donors (Lipinski definition) is 4. The van der Waals surface area contributed by atoms with Gasteiger partial charge in [0.25, 0.3) is 0 Å². The minimum Gasteiger partial charge on any atom is -0.619 e. The summed E-state index contributed by atoms with van der Waals surface area (Å²) in [6, 6.07) is 38.9. The number of benzene rings is 5. The molecular formula is C59H61N12NaO10Si. The van der Waals surface area contributed by atoms with Crippen molar-refractivity contribution in [1.82, 2.24) is 31.0 Å². The number of hydrazine groups is 1. The topological polar surface area (TPSA) is 318 Å². The number of pyridine rings is 5. The van der Waals surface area contributed by atoms with Crippen molar-refractivity contribution in [3.05, 3.63) is 198 Å². The SMILES string of the molecule is C1CCOC1.COc1cccc2c(C#N)nccc12.COc1cccc2c(C(=O)O)nccc12.COc1cccc2c[n+]([O-])ccc12.COc1cccc2cnccc12.C[Si](C)(C)C#N.Oc1cccc2cnccc12.[N-]=NNNN=O.[Na+]. The molecule has 0 aliphatic carbocycles. The number of hydrogen-bond acceptors (Lipinski definition) is 17. The van der Waals surface area contributed by atoms with Crippen LogP contribution in [0.4, 0.5) is 0 Å². The Labute approximate surface area is 502 Å². The normalized spacial score (nSPS) is 10.5. The minimum atomic E-state index is -1.33. The number of nitriles is 2. The molecule has 1 saturated heterocycles. The molecule has 0 saturated carbocycles. The van der Waals surface area contributed by atoms with Crippen molar-refractivity contribution in [1.29, 1.82) is 10.5 Å². The molecule has 6 heterocycles. The first kappa shape index (κ1) is 67.7. The van der Waals surface area contributed by atoms with Crippen LogP contribution in [0.15, 0.2) is 181 Å². The first-order valence-corrected chi connectivity index (χ1v) is 28.3. The van der Waals surface area contributed by atoms with Crippen molar-refractivity contribution in [3.8, 4) is 40.5 Å². The quantitative estimate of drug-likeness (QED) is 0.0210. The number of aromatic hydroxyl groups is 1. The van der Waals surface area contributed by atoms with Gasteiger partial charge in [0.1, 0.15) is 40.5 Å². The van der Waals surface area contributed by atoms with E-state index in [-0.39, 0.29) is 35.3 Å². The number of aromatic nitrogens is 5. The summed E-state index contributed by atoms with van der Waals surface area (Å²) >= 11 is 0. The number of nitrogens with zero attached hydrogens (tertiary/aromatic N) is 10. The van der Waals surface area contributed by atoms with Gasteiger partial charge in [-0.15, -0.1) is 4.91 Å². The van der Waals surface area contributed by atoms with E-state index in [1.54, 1.807) is 113 Å². The number of phenols is 1. The second kappa shape index (κ2) is 36.6. The standard InChI is InChI=1S/C11H8N2O.C11H9NO3.C10H9NO2.C10H9NO.C9H7NO.C4H9NSi.C4H8O.H2N5O.Na/c1-14-11-4-2-3-8-9(11)5-6-13-10(8)7-12;1-15-9-4-2-3-8-7(9)5-6-12-10(8)11(13)14;1-13-10-4-2-3-8-7-11(12)6-5-9(8)10;1-12-10-4-2-3-8-7-11-6-5-9(8)10;11-9-3-1-2-7-6-10-5-4-8(7)9;1-6(2,3)4-5;1-2-4-5-3-1;1-2-3-4-5-6;/h2-6H,1H3;2-6H,1H3,(H,13,14);2-7H,1H3;2-7H,1H3;1-6,11H;1-3H3;1-4H2;(H2-,1,2,3,4,5,6);/q;;;;;;;-1;+1. The van der Waals surface area contributed by atoms with E-state index in [0.29, 0.717) is 22.6 Å². The van der Waals surface area contributed by atoms with Gasteiger partial charge in [-0.25, -0.2) is 25.6 Å². The Hall–Kier alpha value is -9.62. The second-order valence-corrected chi connectivity index (χ2v) is 22.4. The van der Waals surface area contributed by atoms with E-state index < -0.39 is 14.0 Å². The second-order valence-electron chi connectivity index (χ2n) is 17.6. The maximum Gasteiger partial charge on any atom is 1.00 e. The number of fused-ring (bicyclic) bond motifs is 5. The summed E-state index contributed by atoms with van der Waals surface area (Å²) in [6.45, 7) is 8.06. The Morgan fingerprint density at radius 1 is 0.651 bits per heavy atom. The molecule has 4 N–H and O–H groups in total. The maximum absolute atomic E-state index is 11.0. The van der Waals surface area contributed by atoms with E-state index in [4.69, 9.17) is 49.8 Å². The maximum atomic E-state index is 11.0. The van der Waals surface area contributed by atoms with Crippen LogP contribution in [0, 0.1) is 32.4 Å². The molecule has 1 aliphatic heterocycles. The number of ether oxygens (including phenoxy) is 5. The Morgan fingerprint density at radius 2 is 1.11 bits per heavy atom. The number of methoxy groups -OCH3 is 4. The summed E-state index contributed by atoms with van der Waals surface area (Å²) in [5.41, 5.74) is 13.4. The number of nitrogens with one attached hydrogen (secondary N) is 2. The van der Waals surface area contributed by atoms with Crippen molar-refractivity contribution < 1.29 is 73.0 Å². The Kier molecular flexibility index (Phi) is 29.8. The van der Waals surface area contributed by atoms with Crippen molar-refractivity contribution in [2.75, 3.05) is 41.7 Å². The zero-order valence-corrected chi connectivity index (χ0v) is 50.1. The minimum absolute atomic E-state index is 0. The van der Waals surface area contributed by atoms with Crippen LogP contribution in [0.1, 0.15) is 29.0 Å². The fraction of sp³-hybridized carbons (Fsp3) is 0.186. The summed E-state index contributed by atoms with van der Waals surface area (Å²) in [5, 5.41) is 59.6. The largest absolute Gasteiger partial charge is 1.00 e. The Bertz CT molecular complexity index is 3720. The van der Waals surface area contributed by atoms with Gasteiger partial charge in [0.2, 0.25) is 0 Å². The van der Waals surface area contributed by atoms with E-state index in [1.807, 2.05) is 98.6 Å². The predicted molar refractivity (Wildman–Crippen MR) is 316 cm³/mol. The molecule has 24 heteroatoms. The van der Waals surface area contributed by atoms with Crippen LogP contribution in [0.25, 0.3) is 59.4 Å². The molecular weight excluding hydrogens is 1090 g/mol. The van der Waals surface area contributed by atoms with Gasteiger partial charge < -0.3 is 50.2 Å². The molecule has 0 atom stereocenters. The van der Waals surface area contributed by atoms with Crippen LogP contribution in [-0.4, -0.2) is 85.8 Å². The molecule has 11 rings (SSSR count). The number of aromatic carboxylic acids is 1.